The Bertz CT molecular complexity index is 264. The Labute approximate surface area is 109 Å². The second-order valence-electron chi connectivity index (χ2n) is 5.41. The van der Waals surface area contributed by atoms with E-state index in [1.165, 1.54) is 7.11 Å². The molecule has 1 aliphatic heterocycles. The maximum Gasteiger partial charge on any atom is 0.411 e. The number of carbonyl (C=O) groups is 1. The molecule has 1 unspecified atom stereocenters. The maximum absolute atomic E-state index is 12.2. The van der Waals surface area contributed by atoms with E-state index in [4.69, 9.17) is 14.3 Å². The highest BCUT2D eigenvalue weighted by atomic mass is 16.6. The van der Waals surface area contributed by atoms with E-state index < -0.39 is 5.60 Å². The van der Waals surface area contributed by atoms with Crippen molar-refractivity contribution in [3.8, 4) is 0 Å². The van der Waals surface area contributed by atoms with Crippen molar-refractivity contribution in [1.82, 2.24) is 10.4 Å². The number of hydrogen-bond donors (Lipinski definition) is 1. The van der Waals surface area contributed by atoms with Gasteiger partial charge in [-0.05, 0) is 33.6 Å². The molecule has 1 saturated heterocycles. The summed E-state index contributed by atoms with van der Waals surface area (Å²) in [6.45, 7) is 6.06. The third-order valence-corrected chi connectivity index (χ3v) is 2.72. The molecule has 0 saturated carbocycles. The van der Waals surface area contributed by atoms with Gasteiger partial charge in [0, 0.05) is 7.11 Å². The van der Waals surface area contributed by atoms with Crippen molar-refractivity contribution >= 4 is 6.09 Å². The normalized spacial score (nSPS) is 24.4. The Balaban J connectivity index is 2.72. The molecule has 6 nitrogen and oxygen atoms in total. The lowest BCUT2D eigenvalue weighted by Crippen LogP contribution is -2.50. The van der Waals surface area contributed by atoms with E-state index >= 15 is 0 Å². The molecule has 0 aromatic rings. The number of likely N-dealkylation sites (tertiary alicyclic amines) is 1. The van der Waals surface area contributed by atoms with Crippen LogP contribution in [0.3, 0.4) is 0 Å². The van der Waals surface area contributed by atoms with E-state index in [2.05, 4.69) is 5.48 Å². The molecule has 0 bridgehead atoms. The number of hydrogen-bond acceptors (Lipinski definition) is 5. The molecule has 1 heterocycles. The molecule has 0 aromatic heterocycles. The van der Waals surface area contributed by atoms with Crippen molar-refractivity contribution in [2.75, 3.05) is 20.8 Å². The van der Waals surface area contributed by atoms with E-state index in [9.17, 15) is 4.79 Å². The number of ether oxygens (including phenoxy) is 2. The van der Waals surface area contributed by atoms with Crippen LogP contribution in [-0.2, 0) is 14.3 Å². The van der Waals surface area contributed by atoms with E-state index in [0.29, 0.717) is 6.61 Å². The third kappa shape index (κ3) is 4.12. The van der Waals surface area contributed by atoms with Crippen LogP contribution in [0, 0.1) is 0 Å². The second kappa shape index (κ2) is 6.36. The molecule has 18 heavy (non-hydrogen) atoms. The highest BCUT2D eigenvalue weighted by Crippen LogP contribution is 2.25. The number of amides is 1. The van der Waals surface area contributed by atoms with Crippen LogP contribution in [0.2, 0.25) is 0 Å². The zero-order chi connectivity index (χ0) is 13.8. The number of nitrogens with one attached hydrogen (secondary N) is 1. The Kier molecular flexibility index (Phi) is 5.37. The fraction of sp³-hybridized carbons (Fsp3) is 0.917. The predicted octanol–water partition coefficient (Wildman–Crippen LogP) is 1.51. The van der Waals surface area contributed by atoms with Gasteiger partial charge >= 0.3 is 6.09 Å². The third-order valence-electron chi connectivity index (χ3n) is 2.72. The highest BCUT2D eigenvalue weighted by Gasteiger charge is 2.39. The summed E-state index contributed by atoms with van der Waals surface area (Å²) in [6, 6.07) is 0.0255. The molecule has 106 valence electrons. The van der Waals surface area contributed by atoms with E-state index in [-0.39, 0.29) is 18.3 Å². The first-order valence-electron chi connectivity index (χ1n) is 6.18. The largest absolute Gasteiger partial charge is 0.444 e. The molecule has 1 amide bonds. The summed E-state index contributed by atoms with van der Waals surface area (Å²) in [5.74, 6) is 0. The lowest BCUT2D eigenvalue weighted by Gasteiger charge is -2.32. The van der Waals surface area contributed by atoms with Crippen molar-refractivity contribution in [3.63, 3.8) is 0 Å². The first kappa shape index (κ1) is 15.2. The van der Waals surface area contributed by atoms with Crippen molar-refractivity contribution in [1.29, 1.82) is 0 Å². The molecule has 6 heteroatoms. The van der Waals surface area contributed by atoms with Gasteiger partial charge in [-0.2, -0.15) is 5.48 Å². The van der Waals surface area contributed by atoms with Gasteiger partial charge in [0.25, 0.3) is 0 Å². The molecular weight excluding hydrogens is 236 g/mol. The van der Waals surface area contributed by atoms with Crippen LogP contribution < -0.4 is 5.48 Å². The van der Waals surface area contributed by atoms with Crippen LogP contribution in [0.15, 0.2) is 0 Å². The molecule has 0 aromatic carbocycles. The summed E-state index contributed by atoms with van der Waals surface area (Å²) >= 11 is 0. The summed E-state index contributed by atoms with van der Waals surface area (Å²) < 4.78 is 10.6. The van der Waals surface area contributed by atoms with Crippen molar-refractivity contribution in [2.45, 2.75) is 51.4 Å². The van der Waals surface area contributed by atoms with Crippen LogP contribution in [0.4, 0.5) is 4.79 Å². The lowest BCUT2D eigenvalue weighted by molar-refractivity contribution is -0.0299. The van der Waals surface area contributed by atoms with Gasteiger partial charge in [-0.3, -0.25) is 4.90 Å². The zero-order valence-electron chi connectivity index (χ0n) is 11.9. The first-order valence-corrected chi connectivity index (χ1v) is 6.18. The van der Waals surface area contributed by atoms with E-state index in [1.807, 2.05) is 20.8 Å². The zero-order valence-corrected chi connectivity index (χ0v) is 11.9. The van der Waals surface area contributed by atoms with Gasteiger partial charge < -0.3 is 14.3 Å². The minimum atomic E-state index is -0.505. The summed E-state index contributed by atoms with van der Waals surface area (Å²) in [5.41, 5.74) is 2.31. The Morgan fingerprint density at radius 1 is 1.33 bits per heavy atom. The van der Waals surface area contributed by atoms with Crippen LogP contribution in [-0.4, -0.2) is 49.6 Å². The van der Waals surface area contributed by atoms with Gasteiger partial charge in [0.15, 0.2) is 0 Å². The monoisotopic (exact) mass is 260 g/mol. The maximum atomic E-state index is 12.2. The quantitative estimate of drug-likeness (QED) is 0.776. The van der Waals surface area contributed by atoms with Crippen LogP contribution in [0.1, 0.15) is 33.6 Å². The fourth-order valence-electron chi connectivity index (χ4n) is 2.08. The molecule has 1 fully saturated rings. The molecule has 0 aliphatic carbocycles. The van der Waals surface area contributed by atoms with Crippen molar-refractivity contribution < 1.29 is 19.1 Å². The van der Waals surface area contributed by atoms with E-state index in [0.717, 1.165) is 12.8 Å². The molecular formula is C12H24N2O4. The Morgan fingerprint density at radius 3 is 2.50 bits per heavy atom. The van der Waals surface area contributed by atoms with Gasteiger partial charge in [-0.25, -0.2) is 4.79 Å². The van der Waals surface area contributed by atoms with Crippen LogP contribution in [0.25, 0.3) is 0 Å². The number of nitrogens with zero attached hydrogens (tertiary/aromatic N) is 1. The predicted molar refractivity (Wildman–Crippen MR) is 66.9 cm³/mol. The van der Waals surface area contributed by atoms with Gasteiger partial charge in [-0.1, -0.05) is 0 Å². The average Bonchev–Trinajstić information content (AvgIpc) is 2.60. The molecule has 0 radical (unpaired) electrons. The number of hydroxylamine groups is 1. The minimum Gasteiger partial charge on any atom is -0.444 e. The standard InChI is InChI=1S/C12H24N2O4/c1-12(2,3)18-11(15)14-9(8-16-4)6-7-10(14)13-17-5/h9-10,13H,6-8H2,1-5H3/t9-,10?/m0/s1. The Hall–Kier alpha value is -0.850. The van der Waals surface area contributed by atoms with Gasteiger partial charge in [-0.15, -0.1) is 0 Å². The number of methoxy groups -OCH3 is 1. The highest BCUT2D eigenvalue weighted by molar-refractivity contribution is 5.69. The summed E-state index contributed by atoms with van der Waals surface area (Å²) in [7, 11) is 3.17. The molecule has 1 N–H and O–H groups in total. The lowest BCUT2D eigenvalue weighted by atomic mass is 10.2. The SMILES string of the molecule is COC[C@@H]1CCC(NOC)N1C(=O)OC(C)(C)C. The van der Waals surface area contributed by atoms with Crippen LogP contribution in [0.5, 0.6) is 0 Å². The molecule has 1 rings (SSSR count). The van der Waals surface area contributed by atoms with Gasteiger partial charge in [0.1, 0.15) is 11.8 Å². The Morgan fingerprint density at radius 2 is 2.00 bits per heavy atom. The molecule has 1 aliphatic rings. The second-order valence-corrected chi connectivity index (χ2v) is 5.41. The van der Waals surface area contributed by atoms with Crippen molar-refractivity contribution in [3.05, 3.63) is 0 Å². The topological polar surface area (TPSA) is 60.0 Å². The smallest absolute Gasteiger partial charge is 0.411 e. The van der Waals surface area contributed by atoms with E-state index in [1.54, 1.807) is 12.0 Å². The summed E-state index contributed by atoms with van der Waals surface area (Å²) in [4.78, 5) is 18.8. The molecule has 2 atom stereocenters. The summed E-state index contributed by atoms with van der Waals surface area (Å²) in [6.07, 6.45) is 1.19. The minimum absolute atomic E-state index is 0.0255. The van der Waals surface area contributed by atoms with Gasteiger partial charge in [0.2, 0.25) is 0 Å². The summed E-state index contributed by atoms with van der Waals surface area (Å²) in [5, 5.41) is 0. The molecule has 0 spiro atoms. The van der Waals surface area contributed by atoms with Crippen LogP contribution >= 0.6 is 0 Å². The first-order chi connectivity index (χ1) is 8.39. The average molecular weight is 260 g/mol. The number of rotatable bonds is 4. The fourth-order valence-corrected chi connectivity index (χ4v) is 2.08. The van der Waals surface area contributed by atoms with Crippen molar-refractivity contribution in [2.24, 2.45) is 0 Å². The van der Waals surface area contributed by atoms with Gasteiger partial charge in [0.05, 0.1) is 19.8 Å². The number of carbonyl (C=O) groups excluding carboxylic acids is 1.